The molecule has 0 bridgehead atoms. The summed E-state index contributed by atoms with van der Waals surface area (Å²) in [5, 5.41) is 20.9. The van der Waals surface area contributed by atoms with E-state index in [9.17, 15) is 20.2 Å². The van der Waals surface area contributed by atoms with Crippen LogP contribution >= 0.6 is 0 Å². The summed E-state index contributed by atoms with van der Waals surface area (Å²) in [6.45, 7) is 1.51. The van der Waals surface area contributed by atoms with Crippen molar-refractivity contribution in [1.82, 2.24) is 4.98 Å². The van der Waals surface area contributed by atoms with Gasteiger partial charge < -0.3 is 0 Å². The van der Waals surface area contributed by atoms with E-state index in [4.69, 9.17) is 0 Å². The van der Waals surface area contributed by atoms with Gasteiger partial charge in [0.25, 0.3) is 5.69 Å². The maximum Gasteiger partial charge on any atom is 0.277 e. The van der Waals surface area contributed by atoms with E-state index in [0.29, 0.717) is 10.6 Å². The Bertz CT molecular complexity index is 419. The van der Waals surface area contributed by atoms with Crippen LogP contribution in [0.4, 0.5) is 11.5 Å². The zero-order chi connectivity index (χ0) is 11.6. The highest BCUT2D eigenvalue weighted by molar-refractivity contribution is 5.48. The van der Waals surface area contributed by atoms with Crippen molar-refractivity contribution in [3.8, 4) is 0 Å². The first-order valence-corrected chi connectivity index (χ1v) is 3.92. The number of aromatic nitrogens is 1. The summed E-state index contributed by atoms with van der Waals surface area (Å²) >= 11 is 0. The maximum absolute atomic E-state index is 10.6. The Kier molecular flexibility index (Phi) is 2.79. The first-order chi connectivity index (χ1) is 6.93. The Balaban J connectivity index is 3.18. The van der Waals surface area contributed by atoms with E-state index < -0.39 is 9.96 Å². The average Bonchev–Trinajstić information content (AvgIpc) is 2.16. The van der Waals surface area contributed by atoms with Crippen molar-refractivity contribution >= 4 is 11.5 Å². The monoisotopic (exact) mass is 212 g/mol. The van der Waals surface area contributed by atoms with Crippen molar-refractivity contribution in [3.05, 3.63) is 38.1 Å². The van der Waals surface area contributed by atoms with Crippen LogP contribution in [0.3, 0.4) is 0 Å². The Labute approximate surface area is 84.4 Å². The van der Waals surface area contributed by atoms with Gasteiger partial charge in [-0.25, -0.2) is 15.1 Å². The molecule has 80 valence electrons. The SMILES string of the molecule is Cc1cnc(N(C)[N+](=O)[O-])cc1[N+](=O)[O-]. The third-order valence-electron chi connectivity index (χ3n) is 1.83. The molecule has 0 amide bonds. The van der Waals surface area contributed by atoms with Gasteiger partial charge in [-0.1, -0.05) is 5.01 Å². The smallest absolute Gasteiger partial charge is 0.258 e. The molecule has 0 fully saturated rings. The Morgan fingerprint density at radius 2 is 2.00 bits per heavy atom. The molecule has 8 heteroatoms. The molecule has 8 nitrogen and oxygen atoms in total. The zero-order valence-electron chi connectivity index (χ0n) is 8.08. The van der Waals surface area contributed by atoms with E-state index in [1.54, 1.807) is 0 Å². The number of anilines is 1. The van der Waals surface area contributed by atoms with E-state index >= 15 is 0 Å². The van der Waals surface area contributed by atoms with Gasteiger partial charge in [0.2, 0.25) is 0 Å². The Morgan fingerprint density at radius 3 is 2.47 bits per heavy atom. The fourth-order valence-electron chi connectivity index (χ4n) is 0.960. The van der Waals surface area contributed by atoms with Crippen LogP contribution in [0, 0.1) is 27.2 Å². The van der Waals surface area contributed by atoms with Crippen molar-refractivity contribution in [2.75, 3.05) is 12.1 Å². The summed E-state index contributed by atoms with van der Waals surface area (Å²) < 4.78 is 0. The molecule has 1 rings (SSSR count). The molecule has 0 aromatic carbocycles. The number of hydrogen-bond donors (Lipinski definition) is 0. The number of nitrogens with zero attached hydrogens (tertiary/aromatic N) is 4. The predicted molar refractivity (Wildman–Crippen MR) is 51.0 cm³/mol. The highest BCUT2D eigenvalue weighted by atomic mass is 16.7. The van der Waals surface area contributed by atoms with Gasteiger partial charge in [-0.05, 0) is 6.92 Å². The summed E-state index contributed by atoms with van der Waals surface area (Å²) in [5.74, 6) is -0.0719. The molecule has 0 aliphatic heterocycles. The molecule has 1 heterocycles. The van der Waals surface area contributed by atoms with E-state index in [1.807, 2.05) is 0 Å². The van der Waals surface area contributed by atoms with Crippen LogP contribution < -0.4 is 5.01 Å². The summed E-state index contributed by atoms with van der Waals surface area (Å²) in [4.78, 5) is 24.1. The van der Waals surface area contributed by atoms with Crippen LogP contribution in [0.2, 0.25) is 0 Å². The molecule has 15 heavy (non-hydrogen) atoms. The molecular weight excluding hydrogens is 204 g/mol. The van der Waals surface area contributed by atoms with E-state index in [-0.39, 0.29) is 11.5 Å². The molecule has 0 N–H and O–H groups in total. The van der Waals surface area contributed by atoms with Crippen LogP contribution in [0.1, 0.15) is 5.56 Å². The second kappa shape index (κ2) is 3.86. The number of rotatable bonds is 3. The van der Waals surface area contributed by atoms with Gasteiger partial charge in [-0.15, -0.1) is 0 Å². The standard InChI is InChI=1S/C7H8N4O4/c1-5-4-8-7(9(2)11(14)15)3-6(5)10(12)13/h3-4H,1-2H3. The van der Waals surface area contributed by atoms with Gasteiger partial charge in [-0.3, -0.25) is 10.1 Å². The fourth-order valence-corrected chi connectivity index (χ4v) is 0.960. The molecule has 0 radical (unpaired) electrons. The summed E-state index contributed by atoms with van der Waals surface area (Å²) in [6, 6.07) is 1.07. The highest BCUT2D eigenvalue weighted by Gasteiger charge is 2.18. The second-order valence-corrected chi connectivity index (χ2v) is 2.85. The molecule has 0 aliphatic carbocycles. The van der Waals surface area contributed by atoms with Crippen molar-refractivity contribution in [3.63, 3.8) is 0 Å². The lowest BCUT2D eigenvalue weighted by molar-refractivity contribution is -0.491. The molecule has 0 spiro atoms. The Morgan fingerprint density at radius 1 is 1.40 bits per heavy atom. The number of hydrazine groups is 1. The lowest BCUT2D eigenvalue weighted by Crippen LogP contribution is -2.25. The van der Waals surface area contributed by atoms with Crippen molar-refractivity contribution in [2.24, 2.45) is 0 Å². The van der Waals surface area contributed by atoms with Crippen LogP contribution in [-0.4, -0.2) is 22.0 Å². The predicted octanol–water partition coefficient (Wildman–Crippen LogP) is 0.926. The minimum atomic E-state index is -0.707. The second-order valence-electron chi connectivity index (χ2n) is 2.85. The largest absolute Gasteiger partial charge is 0.277 e. The number of aryl methyl sites for hydroxylation is 1. The average molecular weight is 212 g/mol. The molecule has 1 aromatic rings. The molecular formula is C7H8N4O4. The van der Waals surface area contributed by atoms with Crippen molar-refractivity contribution in [2.45, 2.75) is 6.92 Å². The fraction of sp³-hybridized carbons (Fsp3) is 0.286. The molecule has 0 atom stereocenters. The van der Waals surface area contributed by atoms with Crippen LogP contribution in [0.25, 0.3) is 0 Å². The molecule has 0 aliphatic rings. The van der Waals surface area contributed by atoms with Gasteiger partial charge in [0, 0.05) is 11.8 Å². The molecule has 0 saturated heterocycles. The highest BCUT2D eigenvalue weighted by Crippen LogP contribution is 2.21. The number of hydrogen-bond acceptors (Lipinski definition) is 5. The first-order valence-electron chi connectivity index (χ1n) is 3.92. The van der Waals surface area contributed by atoms with Gasteiger partial charge >= 0.3 is 0 Å². The van der Waals surface area contributed by atoms with E-state index in [0.717, 1.165) is 6.07 Å². The lowest BCUT2D eigenvalue weighted by Gasteiger charge is -2.06. The van der Waals surface area contributed by atoms with Crippen molar-refractivity contribution in [1.29, 1.82) is 0 Å². The van der Waals surface area contributed by atoms with Gasteiger partial charge in [0.05, 0.1) is 18.0 Å². The number of nitro groups is 2. The molecule has 0 saturated carbocycles. The van der Waals surface area contributed by atoms with Gasteiger partial charge in [-0.2, -0.15) is 0 Å². The molecule has 0 unspecified atom stereocenters. The normalized spacial score (nSPS) is 9.73. The van der Waals surface area contributed by atoms with Gasteiger partial charge in [0.15, 0.2) is 10.9 Å². The van der Waals surface area contributed by atoms with Crippen LogP contribution in [-0.2, 0) is 0 Å². The number of pyridine rings is 1. The first kappa shape index (κ1) is 10.8. The maximum atomic E-state index is 10.6. The molecule has 1 aromatic heterocycles. The summed E-state index contributed by atoms with van der Waals surface area (Å²) in [5.41, 5.74) is 0.175. The minimum Gasteiger partial charge on any atom is -0.258 e. The summed E-state index contributed by atoms with van der Waals surface area (Å²) in [6.07, 6.45) is 1.23. The summed E-state index contributed by atoms with van der Waals surface area (Å²) in [7, 11) is 1.17. The van der Waals surface area contributed by atoms with Crippen LogP contribution in [0.15, 0.2) is 12.3 Å². The van der Waals surface area contributed by atoms with E-state index in [1.165, 1.54) is 20.2 Å². The van der Waals surface area contributed by atoms with Gasteiger partial charge in [0.1, 0.15) is 0 Å². The third kappa shape index (κ3) is 2.16. The topological polar surface area (TPSA) is 102 Å². The third-order valence-corrected chi connectivity index (χ3v) is 1.83. The van der Waals surface area contributed by atoms with Crippen LogP contribution in [0.5, 0.6) is 0 Å². The lowest BCUT2D eigenvalue weighted by atomic mass is 10.2. The quantitative estimate of drug-likeness (QED) is 0.545. The van der Waals surface area contributed by atoms with Crippen molar-refractivity contribution < 1.29 is 9.96 Å². The Hall–Kier alpha value is -2.25. The minimum absolute atomic E-state index is 0.0719. The van der Waals surface area contributed by atoms with E-state index in [2.05, 4.69) is 4.98 Å². The zero-order valence-corrected chi connectivity index (χ0v) is 8.08.